The number of rotatable bonds is 4. The van der Waals surface area contributed by atoms with Gasteiger partial charge in [-0.2, -0.15) is 17.0 Å². The summed E-state index contributed by atoms with van der Waals surface area (Å²) in [5.74, 6) is -0.00236. The van der Waals surface area contributed by atoms with Gasteiger partial charge in [0.25, 0.3) is 10.2 Å². The van der Waals surface area contributed by atoms with Gasteiger partial charge in [0, 0.05) is 39.1 Å². The Balaban J connectivity index is 2.49. The summed E-state index contributed by atoms with van der Waals surface area (Å²) in [7, 11) is -0.255. The van der Waals surface area contributed by atoms with E-state index in [1.807, 2.05) is 13.8 Å². The van der Waals surface area contributed by atoms with Crippen LogP contribution >= 0.6 is 0 Å². The second kappa shape index (κ2) is 5.99. The molecule has 1 aliphatic rings. The summed E-state index contributed by atoms with van der Waals surface area (Å²) in [6, 6.07) is 0.0912. The molecule has 1 fully saturated rings. The summed E-state index contributed by atoms with van der Waals surface area (Å²) in [6.07, 6.45) is 1.34. The van der Waals surface area contributed by atoms with Crippen LogP contribution in [0.2, 0.25) is 0 Å². The molecule has 0 atom stereocenters. The first kappa shape index (κ1) is 15.4. The van der Waals surface area contributed by atoms with Crippen molar-refractivity contribution in [1.29, 1.82) is 0 Å². The Kier molecular flexibility index (Phi) is 5.12. The molecule has 106 valence electrons. The van der Waals surface area contributed by atoms with Gasteiger partial charge in [0.15, 0.2) is 0 Å². The van der Waals surface area contributed by atoms with Crippen LogP contribution in [0.25, 0.3) is 0 Å². The van der Waals surface area contributed by atoms with Crippen LogP contribution in [0.3, 0.4) is 0 Å². The molecule has 18 heavy (non-hydrogen) atoms. The number of piperidine rings is 1. The van der Waals surface area contributed by atoms with Gasteiger partial charge in [0.05, 0.1) is 0 Å². The zero-order valence-electron chi connectivity index (χ0n) is 11.5. The monoisotopic (exact) mass is 277 g/mol. The molecule has 0 aromatic rings. The zero-order valence-corrected chi connectivity index (χ0v) is 12.3. The van der Waals surface area contributed by atoms with Gasteiger partial charge >= 0.3 is 0 Å². The molecule has 0 bridgehead atoms. The molecule has 0 aliphatic carbocycles. The summed E-state index contributed by atoms with van der Waals surface area (Å²) in [4.78, 5) is 11.5. The first-order valence-corrected chi connectivity index (χ1v) is 7.62. The fourth-order valence-electron chi connectivity index (χ4n) is 1.83. The predicted molar refractivity (Wildman–Crippen MR) is 70.2 cm³/mol. The van der Waals surface area contributed by atoms with Crippen molar-refractivity contribution in [3.63, 3.8) is 0 Å². The number of hydrogen-bond acceptors (Lipinski definition) is 3. The largest absolute Gasteiger partial charge is 0.353 e. The van der Waals surface area contributed by atoms with Crippen molar-refractivity contribution in [2.45, 2.75) is 32.7 Å². The van der Waals surface area contributed by atoms with E-state index >= 15 is 0 Å². The second-order valence-electron chi connectivity index (χ2n) is 5.13. The van der Waals surface area contributed by atoms with Gasteiger partial charge in [-0.3, -0.25) is 4.79 Å². The van der Waals surface area contributed by atoms with Crippen LogP contribution in [-0.4, -0.2) is 56.2 Å². The third-order valence-corrected chi connectivity index (χ3v) is 5.05. The van der Waals surface area contributed by atoms with Crippen molar-refractivity contribution in [1.82, 2.24) is 13.9 Å². The lowest BCUT2D eigenvalue weighted by Gasteiger charge is -2.33. The van der Waals surface area contributed by atoms with E-state index in [4.69, 9.17) is 0 Å². The standard InChI is InChI=1S/C11H23N3O3S/c1-9(2)11(15)12-10-5-7-14(8-6-10)18(16,17)13(3)4/h9-10H,5-8H2,1-4H3,(H,12,15). The lowest BCUT2D eigenvalue weighted by molar-refractivity contribution is -0.124. The molecule has 7 heteroatoms. The van der Waals surface area contributed by atoms with E-state index in [9.17, 15) is 13.2 Å². The lowest BCUT2D eigenvalue weighted by Crippen LogP contribution is -2.49. The Morgan fingerprint density at radius 1 is 1.28 bits per heavy atom. The summed E-state index contributed by atoms with van der Waals surface area (Å²) in [5.41, 5.74) is 0. The van der Waals surface area contributed by atoms with Crippen LogP contribution < -0.4 is 5.32 Å². The zero-order chi connectivity index (χ0) is 13.9. The van der Waals surface area contributed by atoms with Gasteiger partial charge in [0.1, 0.15) is 0 Å². The number of carbonyl (C=O) groups is 1. The van der Waals surface area contributed by atoms with Gasteiger partial charge < -0.3 is 5.32 Å². The van der Waals surface area contributed by atoms with Crippen molar-refractivity contribution in [2.24, 2.45) is 5.92 Å². The molecule has 1 aliphatic heterocycles. The molecule has 1 N–H and O–H groups in total. The average Bonchev–Trinajstić information content (AvgIpc) is 2.29. The number of hydrogen-bond donors (Lipinski definition) is 1. The van der Waals surface area contributed by atoms with Gasteiger partial charge in [-0.05, 0) is 12.8 Å². The van der Waals surface area contributed by atoms with Gasteiger partial charge in [-0.25, -0.2) is 0 Å². The highest BCUT2D eigenvalue weighted by atomic mass is 32.2. The minimum absolute atomic E-state index is 0.0314. The Labute approximate surface area is 110 Å². The highest BCUT2D eigenvalue weighted by Gasteiger charge is 2.30. The highest BCUT2D eigenvalue weighted by molar-refractivity contribution is 7.86. The molecule has 0 spiro atoms. The Hall–Kier alpha value is -0.660. The molecule has 1 amide bonds. The van der Waals surface area contributed by atoms with Crippen LogP contribution in [-0.2, 0) is 15.0 Å². The van der Waals surface area contributed by atoms with Crippen molar-refractivity contribution in [3.05, 3.63) is 0 Å². The topological polar surface area (TPSA) is 69.7 Å². The molecule has 0 radical (unpaired) electrons. The quantitative estimate of drug-likeness (QED) is 0.788. The third-order valence-electron chi connectivity index (χ3n) is 3.11. The lowest BCUT2D eigenvalue weighted by atomic mass is 10.1. The molecule has 0 aromatic carbocycles. The Morgan fingerprint density at radius 2 is 1.78 bits per heavy atom. The summed E-state index contributed by atoms with van der Waals surface area (Å²) >= 11 is 0. The number of nitrogens with one attached hydrogen (secondary N) is 1. The van der Waals surface area contributed by atoms with Crippen LogP contribution in [0, 0.1) is 5.92 Å². The summed E-state index contributed by atoms with van der Waals surface area (Å²) in [6.45, 7) is 4.62. The van der Waals surface area contributed by atoms with E-state index in [1.165, 1.54) is 22.7 Å². The van der Waals surface area contributed by atoms with E-state index in [2.05, 4.69) is 5.32 Å². The van der Waals surface area contributed by atoms with Gasteiger partial charge in [-0.15, -0.1) is 0 Å². The number of carbonyl (C=O) groups excluding carboxylic acids is 1. The van der Waals surface area contributed by atoms with Crippen molar-refractivity contribution < 1.29 is 13.2 Å². The fourth-order valence-corrected chi connectivity index (χ4v) is 2.96. The SMILES string of the molecule is CC(C)C(=O)NC1CCN(S(=O)(=O)N(C)C)CC1. The van der Waals surface area contributed by atoms with E-state index in [0.717, 1.165) is 0 Å². The summed E-state index contributed by atoms with van der Waals surface area (Å²) < 4.78 is 26.5. The van der Waals surface area contributed by atoms with E-state index in [-0.39, 0.29) is 17.9 Å². The summed E-state index contributed by atoms with van der Waals surface area (Å²) in [5, 5.41) is 2.95. The Bertz CT molecular complexity index is 384. The molecule has 0 saturated carbocycles. The van der Waals surface area contributed by atoms with Gasteiger partial charge in [0.2, 0.25) is 5.91 Å². The van der Waals surface area contributed by atoms with E-state index in [1.54, 1.807) is 0 Å². The molecule has 1 heterocycles. The van der Waals surface area contributed by atoms with Crippen LogP contribution in [0.5, 0.6) is 0 Å². The number of nitrogens with zero attached hydrogens (tertiary/aromatic N) is 2. The maximum atomic E-state index is 11.9. The minimum Gasteiger partial charge on any atom is -0.353 e. The molecular formula is C11H23N3O3S. The molecule has 0 aromatic heterocycles. The van der Waals surface area contributed by atoms with Crippen LogP contribution in [0.1, 0.15) is 26.7 Å². The second-order valence-corrected chi connectivity index (χ2v) is 7.27. The maximum Gasteiger partial charge on any atom is 0.281 e. The third kappa shape index (κ3) is 3.66. The first-order chi connectivity index (χ1) is 8.25. The maximum absolute atomic E-state index is 11.9. The smallest absolute Gasteiger partial charge is 0.281 e. The molecule has 1 saturated heterocycles. The van der Waals surface area contributed by atoms with Crippen LogP contribution in [0.4, 0.5) is 0 Å². The molecule has 6 nitrogen and oxygen atoms in total. The minimum atomic E-state index is -3.31. The van der Waals surface area contributed by atoms with Crippen molar-refractivity contribution in [2.75, 3.05) is 27.2 Å². The normalized spacial score (nSPS) is 19.4. The first-order valence-electron chi connectivity index (χ1n) is 6.23. The fraction of sp³-hybridized carbons (Fsp3) is 0.909. The predicted octanol–water partition coefficient (Wildman–Crippen LogP) is 0.0294. The highest BCUT2D eigenvalue weighted by Crippen LogP contribution is 2.15. The molecule has 0 unspecified atom stereocenters. The van der Waals surface area contributed by atoms with Gasteiger partial charge in [-0.1, -0.05) is 13.8 Å². The molecule has 1 rings (SSSR count). The van der Waals surface area contributed by atoms with E-state index in [0.29, 0.717) is 25.9 Å². The van der Waals surface area contributed by atoms with Crippen LogP contribution in [0.15, 0.2) is 0 Å². The van der Waals surface area contributed by atoms with E-state index < -0.39 is 10.2 Å². The molecular weight excluding hydrogens is 254 g/mol. The van der Waals surface area contributed by atoms with Crippen molar-refractivity contribution >= 4 is 16.1 Å². The number of amides is 1. The average molecular weight is 277 g/mol. The van der Waals surface area contributed by atoms with Crippen molar-refractivity contribution in [3.8, 4) is 0 Å². The Morgan fingerprint density at radius 3 is 2.17 bits per heavy atom.